The standard InChI is InChI=1S/C37H47N2O5/c1-39(2,3)32-19-17-29(18-20-32)25-36(40)43-24-14-9-7-5-6-8-13-23-38-34-22-21-33(44-28-30-15-11-10-12-16-30)26-31(34)27-35(38)37(41)42-4/h10-12,15-22,26-27H,5-9,13-14,23-25,28H2,1-4H3/q+1. The highest BCUT2D eigenvalue weighted by molar-refractivity contribution is 5.96. The van der Waals surface area contributed by atoms with Crippen LogP contribution in [-0.4, -0.2) is 51.4 Å². The maximum atomic E-state index is 12.5. The van der Waals surface area contributed by atoms with Crippen molar-refractivity contribution in [1.82, 2.24) is 9.05 Å². The molecule has 7 heteroatoms. The van der Waals surface area contributed by atoms with Gasteiger partial charge in [0.05, 0.1) is 41.3 Å². The highest BCUT2D eigenvalue weighted by atomic mass is 16.5. The number of aromatic nitrogens is 1. The smallest absolute Gasteiger partial charge is 0.354 e. The summed E-state index contributed by atoms with van der Waals surface area (Å²) in [5, 5.41) is 0.967. The minimum absolute atomic E-state index is 0.164. The maximum Gasteiger partial charge on any atom is 0.354 e. The summed E-state index contributed by atoms with van der Waals surface area (Å²) < 4.78 is 19.3. The van der Waals surface area contributed by atoms with Gasteiger partial charge in [0.2, 0.25) is 0 Å². The average molecular weight is 600 g/mol. The lowest BCUT2D eigenvalue weighted by atomic mass is 10.1. The fraction of sp³-hybridized carbons (Fsp3) is 0.405. The zero-order valence-electron chi connectivity index (χ0n) is 26.7. The summed E-state index contributed by atoms with van der Waals surface area (Å²) in [6.45, 7) is 1.73. The number of aryl methyl sites for hydroxylation is 1. The van der Waals surface area contributed by atoms with Crippen molar-refractivity contribution >= 4 is 28.5 Å². The molecule has 4 aromatic rings. The van der Waals surface area contributed by atoms with E-state index in [4.69, 9.17) is 14.2 Å². The van der Waals surface area contributed by atoms with Gasteiger partial charge in [0.15, 0.2) is 0 Å². The first-order chi connectivity index (χ1) is 21.2. The van der Waals surface area contributed by atoms with Crippen molar-refractivity contribution in [3.8, 4) is 5.75 Å². The van der Waals surface area contributed by atoms with Gasteiger partial charge >= 0.3 is 11.9 Å². The minimum atomic E-state index is -0.327. The second kappa shape index (κ2) is 16.1. The molecule has 0 N–H and O–H groups in total. The van der Waals surface area contributed by atoms with Crippen LogP contribution in [0.4, 0.5) is 5.69 Å². The van der Waals surface area contributed by atoms with E-state index in [9.17, 15) is 9.59 Å². The first-order valence-corrected chi connectivity index (χ1v) is 15.7. The molecule has 0 unspecified atom stereocenters. The Bertz CT molecular complexity index is 1490. The highest BCUT2D eigenvalue weighted by Crippen LogP contribution is 2.27. The van der Waals surface area contributed by atoms with E-state index in [1.807, 2.05) is 66.7 Å². The Morgan fingerprint density at radius 1 is 0.750 bits per heavy atom. The predicted octanol–water partition coefficient (Wildman–Crippen LogP) is 7.72. The van der Waals surface area contributed by atoms with Crippen molar-refractivity contribution in [2.24, 2.45) is 0 Å². The molecule has 0 radical (unpaired) electrons. The Hall–Kier alpha value is -4.10. The number of hydrogen-bond donors (Lipinski definition) is 0. The molecule has 0 fully saturated rings. The lowest BCUT2D eigenvalue weighted by Gasteiger charge is -2.23. The van der Waals surface area contributed by atoms with Crippen molar-refractivity contribution < 1.29 is 23.8 Å². The number of fused-ring (bicyclic) bond motifs is 1. The zero-order valence-corrected chi connectivity index (χ0v) is 26.7. The Labute approximate surface area is 261 Å². The number of hydrogen-bond acceptors (Lipinski definition) is 5. The summed E-state index contributed by atoms with van der Waals surface area (Å²) in [4.78, 5) is 24.7. The molecule has 1 aromatic heterocycles. The normalized spacial score (nSPS) is 11.5. The molecule has 0 saturated carbocycles. The van der Waals surface area contributed by atoms with Crippen LogP contribution >= 0.6 is 0 Å². The first kappa shape index (κ1) is 32.8. The molecule has 0 spiro atoms. The van der Waals surface area contributed by atoms with Gasteiger partial charge < -0.3 is 18.8 Å². The van der Waals surface area contributed by atoms with Gasteiger partial charge in [-0.3, -0.25) is 9.28 Å². The van der Waals surface area contributed by atoms with Gasteiger partial charge in [0.25, 0.3) is 0 Å². The molecule has 0 aliphatic carbocycles. The number of unbranched alkanes of at least 4 members (excludes halogenated alkanes) is 6. The number of carbonyl (C=O) groups excluding carboxylic acids is 2. The molecular weight excluding hydrogens is 552 g/mol. The number of carbonyl (C=O) groups is 2. The molecule has 0 atom stereocenters. The van der Waals surface area contributed by atoms with Gasteiger partial charge in [-0.2, -0.15) is 0 Å². The lowest BCUT2D eigenvalue weighted by Crippen LogP contribution is -2.34. The van der Waals surface area contributed by atoms with E-state index in [2.05, 4.69) is 37.8 Å². The van der Waals surface area contributed by atoms with Gasteiger partial charge in [0, 0.05) is 17.4 Å². The molecule has 234 valence electrons. The molecule has 3 aromatic carbocycles. The third kappa shape index (κ3) is 9.71. The fourth-order valence-corrected chi connectivity index (χ4v) is 5.31. The second-order valence-corrected chi connectivity index (χ2v) is 12.2. The summed E-state index contributed by atoms with van der Waals surface area (Å²) in [5.41, 5.74) is 4.87. The van der Waals surface area contributed by atoms with Crippen LogP contribution in [0.25, 0.3) is 10.9 Å². The van der Waals surface area contributed by atoms with Crippen LogP contribution in [0, 0.1) is 0 Å². The van der Waals surface area contributed by atoms with Crippen LogP contribution in [0.15, 0.2) is 78.9 Å². The summed E-state index contributed by atoms with van der Waals surface area (Å²) in [6, 6.07) is 26.1. The number of benzene rings is 3. The summed E-state index contributed by atoms with van der Waals surface area (Å²) in [7, 11) is 7.78. The Morgan fingerprint density at radius 3 is 2.11 bits per heavy atom. The third-order valence-electron chi connectivity index (χ3n) is 7.86. The topological polar surface area (TPSA) is 66.8 Å². The Kier molecular flexibility index (Phi) is 12.0. The summed E-state index contributed by atoms with van der Waals surface area (Å²) in [6.07, 6.45) is 7.72. The van der Waals surface area contributed by atoms with E-state index in [-0.39, 0.29) is 11.9 Å². The van der Waals surface area contributed by atoms with Crippen LogP contribution in [-0.2, 0) is 33.8 Å². The highest BCUT2D eigenvalue weighted by Gasteiger charge is 2.17. The maximum absolute atomic E-state index is 12.5. The molecule has 4 rings (SSSR count). The van der Waals surface area contributed by atoms with Crippen molar-refractivity contribution in [2.75, 3.05) is 34.9 Å². The number of quaternary nitrogens is 1. The van der Waals surface area contributed by atoms with Gasteiger partial charge in [-0.1, -0.05) is 74.6 Å². The molecule has 44 heavy (non-hydrogen) atoms. The molecule has 1 heterocycles. The second-order valence-electron chi connectivity index (χ2n) is 12.2. The van der Waals surface area contributed by atoms with E-state index < -0.39 is 0 Å². The molecule has 0 bridgehead atoms. The number of rotatable bonds is 17. The van der Waals surface area contributed by atoms with Gasteiger partial charge in [0.1, 0.15) is 23.7 Å². The Balaban J connectivity index is 1.13. The minimum Gasteiger partial charge on any atom is -0.489 e. The van der Waals surface area contributed by atoms with E-state index in [0.717, 1.165) is 83.8 Å². The van der Waals surface area contributed by atoms with Crippen molar-refractivity contribution in [1.29, 1.82) is 0 Å². The first-order valence-electron chi connectivity index (χ1n) is 15.7. The fourth-order valence-electron chi connectivity index (χ4n) is 5.31. The lowest BCUT2D eigenvalue weighted by molar-refractivity contribution is -0.142. The molecule has 0 amide bonds. The number of ether oxygens (including phenoxy) is 3. The molecule has 0 aliphatic rings. The predicted molar refractivity (Wildman–Crippen MR) is 177 cm³/mol. The molecule has 0 saturated heterocycles. The number of methoxy groups -OCH3 is 1. The van der Waals surface area contributed by atoms with Gasteiger partial charge in [-0.05, 0) is 60.4 Å². The van der Waals surface area contributed by atoms with Crippen molar-refractivity contribution in [3.05, 3.63) is 95.7 Å². The van der Waals surface area contributed by atoms with Crippen molar-refractivity contribution in [3.63, 3.8) is 0 Å². The van der Waals surface area contributed by atoms with Crippen molar-refractivity contribution in [2.45, 2.75) is 64.5 Å². The molecular formula is C37H47N2O5+. The van der Waals surface area contributed by atoms with Gasteiger partial charge in [-0.15, -0.1) is 0 Å². The zero-order chi connectivity index (χ0) is 31.4. The largest absolute Gasteiger partial charge is 0.489 e. The van der Waals surface area contributed by atoms with Crippen LogP contribution in [0.3, 0.4) is 0 Å². The summed E-state index contributed by atoms with van der Waals surface area (Å²) in [5.74, 6) is 0.282. The van der Waals surface area contributed by atoms with Crippen LogP contribution in [0.1, 0.15) is 66.6 Å². The average Bonchev–Trinajstić information content (AvgIpc) is 3.38. The van der Waals surface area contributed by atoms with Crippen LogP contribution in [0.5, 0.6) is 5.75 Å². The van der Waals surface area contributed by atoms with Crippen LogP contribution in [0.2, 0.25) is 0 Å². The Morgan fingerprint density at radius 2 is 1.43 bits per heavy atom. The monoisotopic (exact) mass is 599 g/mol. The van der Waals surface area contributed by atoms with Gasteiger partial charge in [-0.25, -0.2) is 4.79 Å². The molecule has 0 aliphatic heterocycles. The number of esters is 2. The SMILES string of the molecule is COC(=O)c1cc2cc(OCc3ccccc3)ccc2n1CCCCCCCCCOC(=O)Cc1ccc([N+](C)(C)C)cc1. The van der Waals surface area contributed by atoms with E-state index in [0.29, 0.717) is 25.3 Å². The summed E-state index contributed by atoms with van der Waals surface area (Å²) >= 11 is 0. The van der Waals surface area contributed by atoms with E-state index >= 15 is 0 Å². The number of nitrogens with zero attached hydrogens (tertiary/aromatic N) is 2. The van der Waals surface area contributed by atoms with Crippen LogP contribution < -0.4 is 9.22 Å². The van der Waals surface area contributed by atoms with E-state index in [1.165, 1.54) is 12.8 Å². The quantitative estimate of drug-likeness (QED) is 0.0706. The van der Waals surface area contributed by atoms with E-state index in [1.54, 1.807) is 0 Å². The third-order valence-corrected chi connectivity index (χ3v) is 7.86. The molecule has 7 nitrogen and oxygen atoms in total.